The summed E-state index contributed by atoms with van der Waals surface area (Å²) in [5.41, 5.74) is 5.88. The summed E-state index contributed by atoms with van der Waals surface area (Å²) in [6, 6.07) is 13.2. The number of hydrogen-bond donors (Lipinski definition) is 2. The average Bonchev–Trinajstić information content (AvgIpc) is 2.63. The lowest BCUT2D eigenvalue weighted by Crippen LogP contribution is -2.49. The van der Waals surface area contributed by atoms with E-state index in [2.05, 4.69) is 10.9 Å². The van der Waals surface area contributed by atoms with Crippen LogP contribution < -0.4 is 15.6 Å². The van der Waals surface area contributed by atoms with E-state index in [-0.39, 0.29) is 17.0 Å². The Kier molecular flexibility index (Phi) is 7.03. The number of thioether (sulfide) groups is 1. The molecule has 0 spiro atoms. The van der Waals surface area contributed by atoms with Gasteiger partial charge >= 0.3 is 0 Å². The first-order valence-corrected chi connectivity index (χ1v) is 8.98. The average molecular weight is 376 g/mol. The minimum atomic E-state index is -0.846. The molecule has 0 aliphatic heterocycles. The quantitative estimate of drug-likeness (QED) is 0.600. The molecular formula is C19H21FN2O3S. The Bertz CT molecular complexity index is 685. The predicted octanol–water partition coefficient (Wildman–Crippen LogP) is 3.23. The highest BCUT2D eigenvalue weighted by Gasteiger charge is 2.18. The molecule has 0 aromatic heterocycles. The van der Waals surface area contributed by atoms with Crippen LogP contribution >= 0.6 is 11.8 Å². The fourth-order valence-electron chi connectivity index (χ4n) is 1.97. The van der Waals surface area contributed by atoms with Crippen LogP contribution in [0.4, 0.5) is 4.39 Å². The maximum absolute atomic E-state index is 12.9. The zero-order chi connectivity index (χ0) is 19.1. The van der Waals surface area contributed by atoms with Crippen LogP contribution in [0.1, 0.15) is 19.4 Å². The summed E-state index contributed by atoms with van der Waals surface area (Å²) in [5, 5.41) is -0.383. The molecule has 2 atom stereocenters. The number of carbonyl (C=O) groups is 2. The van der Waals surface area contributed by atoms with Crippen LogP contribution in [0.15, 0.2) is 53.4 Å². The number of hydrazine groups is 1. The molecule has 2 rings (SSSR count). The number of rotatable bonds is 6. The highest BCUT2D eigenvalue weighted by molar-refractivity contribution is 8.00. The van der Waals surface area contributed by atoms with E-state index >= 15 is 0 Å². The number of ether oxygens (including phenoxy) is 1. The number of carbonyl (C=O) groups excluding carboxylic acids is 2. The minimum Gasteiger partial charge on any atom is -0.481 e. The smallest absolute Gasteiger partial charge is 0.279 e. The molecule has 0 saturated heterocycles. The maximum Gasteiger partial charge on any atom is 0.279 e. The normalized spacial score (nSPS) is 12.8. The Labute approximate surface area is 156 Å². The highest BCUT2D eigenvalue weighted by Crippen LogP contribution is 2.23. The molecule has 138 valence electrons. The van der Waals surface area contributed by atoms with Crippen molar-refractivity contribution in [3.8, 4) is 5.75 Å². The van der Waals surface area contributed by atoms with Crippen LogP contribution in [0.3, 0.4) is 0 Å². The van der Waals surface area contributed by atoms with Crippen LogP contribution in [0.2, 0.25) is 0 Å². The third kappa shape index (κ3) is 6.07. The largest absolute Gasteiger partial charge is 0.481 e. The first kappa shape index (κ1) is 19.8. The van der Waals surface area contributed by atoms with Crippen molar-refractivity contribution >= 4 is 23.6 Å². The summed E-state index contributed by atoms with van der Waals surface area (Å²) < 4.78 is 18.3. The maximum atomic E-state index is 12.9. The molecule has 0 bridgehead atoms. The van der Waals surface area contributed by atoms with Crippen LogP contribution in [0, 0.1) is 12.7 Å². The van der Waals surface area contributed by atoms with E-state index < -0.39 is 12.0 Å². The van der Waals surface area contributed by atoms with Crippen molar-refractivity contribution in [1.29, 1.82) is 0 Å². The fraction of sp³-hybridized carbons (Fsp3) is 0.263. The van der Waals surface area contributed by atoms with E-state index in [0.717, 1.165) is 10.5 Å². The van der Waals surface area contributed by atoms with Gasteiger partial charge in [0.25, 0.3) is 11.8 Å². The van der Waals surface area contributed by atoms with Gasteiger partial charge in [0.15, 0.2) is 6.10 Å². The highest BCUT2D eigenvalue weighted by atomic mass is 32.2. The molecule has 2 aromatic carbocycles. The van der Waals surface area contributed by atoms with Gasteiger partial charge in [0.05, 0.1) is 5.25 Å². The molecule has 0 aliphatic rings. The Balaban J connectivity index is 1.78. The summed E-state index contributed by atoms with van der Waals surface area (Å²) in [6.07, 6.45) is -0.846. The number of nitrogens with one attached hydrogen (secondary N) is 2. The summed E-state index contributed by atoms with van der Waals surface area (Å²) in [7, 11) is 0. The molecule has 0 fully saturated rings. The molecule has 7 heteroatoms. The minimum absolute atomic E-state index is 0.321. The number of amides is 2. The standard InChI is InChI=1S/C19H21FN2O3S/c1-12-4-10-17(11-5-12)26-14(3)19(24)22-21-18(23)13(2)25-16-8-6-15(20)7-9-16/h4-11,13-14H,1-3H3,(H,21,23)(H,22,24)/t13-,14+/m1/s1. The lowest BCUT2D eigenvalue weighted by atomic mass is 10.2. The molecule has 0 heterocycles. The van der Waals surface area contributed by atoms with E-state index in [0.29, 0.717) is 5.75 Å². The molecule has 26 heavy (non-hydrogen) atoms. The molecule has 2 N–H and O–H groups in total. The number of hydrogen-bond acceptors (Lipinski definition) is 4. The summed E-state index contributed by atoms with van der Waals surface area (Å²) in [4.78, 5) is 25.1. The van der Waals surface area contributed by atoms with Crippen molar-refractivity contribution in [2.45, 2.75) is 37.0 Å². The summed E-state index contributed by atoms with van der Waals surface area (Å²) in [6.45, 7) is 5.29. The Hall–Kier alpha value is -2.54. The van der Waals surface area contributed by atoms with Crippen molar-refractivity contribution in [2.75, 3.05) is 0 Å². The van der Waals surface area contributed by atoms with E-state index in [4.69, 9.17) is 4.74 Å². The second-order valence-electron chi connectivity index (χ2n) is 5.77. The summed E-state index contributed by atoms with van der Waals surface area (Å²) >= 11 is 1.39. The molecule has 2 amide bonds. The summed E-state index contributed by atoms with van der Waals surface area (Å²) in [5.74, 6) is -0.849. The Morgan fingerprint density at radius 1 is 0.962 bits per heavy atom. The van der Waals surface area contributed by atoms with Gasteiger partial charge in [-0.15, -0.1) is 11.8 Å². The Morgan fingerprint density at radius 2 is 1.54 bits per heavy atom. The van der Waals surface area contributed by atoms with Gasteiger partial charge in [0.2, 0.25) is 0 Å². The molecule has 0 radical (unpaired) electrons. The van der Waals surface area contributed by atoms with E-state index in [1.54, 1.807) is 6.92 Å². The third-order valence-corrected chi connectivity index (χ3v) is 4.62. The number of aryl methyl sites for hydroxylation is 1. The molecule has 2 aromatic rings. The fourth-order valence-corrected chi connectivity index (χ4v) is 2.84. The lowest BCUT2D eigenvalue weighted by molar-refractivity contribution is -0.132. The van der Waals surface area contributed by atoms with Crippen LogP contribution in [0.25, 0.3) is 0 Å². The molecule has 0 aliphatic carbocycles. The lowest BCUT2D eigenvalue weighted by Gasteiger charge is -2.17. The van der Waals surface area contributed by atoms with Gasteiger partial charge < -0.3 is 4.74 Å². The monoisotopic (exact) mass is 376 g/mol. The molecule has 0 saturated carbocycles. The Morgan fingerprint density at radius 3 is 2.15 bits per heavy atom. The molecule has 5 nitrogen and oxygen atoms in total. The number of benzene rings is 2. The second-order valence-corrected chi connectivity index (χ2v) is 7.18. The van der Waals surface area contributed by atoms with E-state index in [9.17, 15) is 14.0 Å². The van der Waals surface area contributed by atoms with Crippen LogP contribution in [-0.2, 0) is 9.59 Å². The van der Waals surface area contributed by atoms with Crippen molar-refractivity contribution < 1.29 is 18.7 Å². The van der Waals surface area contributed by atoms with E-state index in [1.807, 2.05) is 31.2 Å². The molecule has 0 unspecified atom stereocenters. The van der Waals surface area contributed by atoms with Gasteiger partial charge in [0.1, 0.15) is 11.6 Å². The zero-order valence-electron chi connectivity index (χ0n) is 14.8. The van der Waals surface area contributed by atoms with Gasteiger partial charge in [-0.1, -0.05) is 17.7 Å². The van der Waals surface area contributed by atoms with Gasteiger partial charge in [-0.3, -0.25) is 20.4 Å². The SMILES string of the molecule is Cc1ccc(S[C@@H](C)C(=O)NNC(=O)[C@@H](C)Oc2ccc(F)cc2)cc1. The first-order chi connectivity index (χ1) is 12.3. The second kappa shape index (κ2) is 9.24. The van der Waals surface area contributed by atoms with Gasteiger partial charge in [-0.25, -0.2) is 4.39 Å². The number of halogens is 1. The van der Waals surface area contributed by atoms with E-state index in [1.165, 1.54) is 43.0 Å². The van der Waals surface area contributed by atoms with Gasteiger partial charge in [-0.2, -0.15) is 0 Å². The van der Waals surface area contributed by atoms with Crippen molar-refractivity contribution in [3.63, 3.8) is 0 Å². The van der Waals surface area contributed by atoms with Gasteiger partial charge in [-0.05, 0) is 57.2 Å². The predicted molar refractivity (Wildman–Crippen MR) is 99.3 cm³/mol. The topological polar surface area (TPSA) is 67.4 Å². The van der Waals surface area contributed by atoms with Crippen LogP contribution in [0.5, 0.6) is 5.75 Å². The molecular weight excluding hydrogens is 355 g/mol. The van der Waals surface area contributed by atoms with Crippen molar-refractivity contribution in [2.24, 2.45) is 0 Å². The zero-order valence-corrected chi connectivity index (χ0v) is 15.6. The van der Waals surface area contributed by atoms with Crippen molar-refractivity contribution in [1.82, 2.24) is 10.9 Å². The van der Waals surface area contributed by atoms with Crippen molar-refractivity contribution in [3.05, 3.63) is 59.9 Å². The third-order valence-electron chi connectivity index (χ3n) is 3.51. The van der Waals surface area contributed by atoms with Crippen LogP contribution in [-0.4, -0.2) is 23.2 Å². The van der Waals surface area contributed by atoms with Gasteiger partial charge in [0, 0.05) is 4.90 Å². The first-order valence-electron chi connectivity index (χ1n) is 8.10.